The number of carbonyl (C=O) groups excluding carboxylic acids is 1. The zero-order valence-corrected chi connectivity index (χ0v) is 12.6. The summed E-state index contributed by atoms with van der Waals surface area (Å²) in [6, 6.07) is 6.08. The molecule has 0 bridgehead atoms. The van der Waals surface area contributed by atoms with Crippen LogP contribution in [0.4, 0.5) is 0 Å². The summed E-state index contributed by atoms with van der Waals surface area (Å²) in [6.07, 6.45) is 1.11. The Morgan fingerprint density at radius 2 is 2.11 bits per heavy atom. The molecule has 19 heavy (non-hydrogen) atoms. The molecule has 0 spiro atoms. The summed E-state index contributed by atoms with van der Waals surface area (Å²) in [5, 5.41) is 2.95. The summed E-state index contributed by atoms with van der Waals surface area (Å²) in [6.45, 7) is 4.61. The van der Waals surface area contributed by atoms with Gasteiger partial charge in [0.15, 0.2) is 0 Å². The Labute approximate surface area is 120 Å². The van der Waals surface area contributed by atoms with Crippen molar-refractivity contribution in [3.63, 3.8) is 0 Å². The third-order valence-electron chi connectivity index (χ3n) is 3.13. The van der Waals surface area contributed by atoms with Gasteiger partial charge in [0.2, 0.25) is 5.91 Å². The highest BCUT2D eigenvalue weighted by Crippen LogP contribution is 2.10. The highest BCUT2D eigenvalue weighted by molar-refractivity contribution is 6.17. The maximum atomic E-state index is 12.0. The van der Waals surface area contributed by atoms with Gasteiger partial charge in [-0.05, 0) is 37.0 Å². The molecule has 0 aliphatic carbocycles. The van der Waals surface area contributed by atoms with Crippen molar-refractivity contribution in [2.75, 3.05) is 19.6 Å². The topological polar surface area (TPSA) is 38.3 Å². The van der Waals surface area contributed by atoms with Gasteiger partial charge in [-0.3, -0.25) is 4.79 Å². The number of hydrogen-bond acceptors (Lipinski definition) is 2. The van der Waals surface area contributed by atoms with E-state index in [0.29, 0.717) is 25.3 Å². The van der Waals surface area contributed by atoms with Crippen molar-refractivity contribution < 1.29 is 9.53 Å². The number of aryl methyl sites for hydroxylation is 2. The van der Waals surface area contributed by atoms with Crippen LogP contribution in [0, 0.1) is 13.8 Å². The second-order valence-corrected chi connectivity index (χ2v) is 5.17. The van der Waals surface area contributed by atoms with Crippen molar-refractivity contribution in [2.45, 2.75) is 32.7 Å². The zero-order valence-electron chi connectivity index (χ0n) is 11.8. The molecule has 1 amide bonds. The lowest BCUT2D eigenvalue weighted by molar-refractivity contribution is -0.121. The number of nitrogens with one attached hydrogen (secondary N) is 1. The molecule has 0 fully saturated rings. The molecule has 0 heterocycles. The molecular weight excluding hydrogens is 262 g/mol. The van der Waals surface area contributed by atoms with Gasteiger partial charge in [0.05, 0.1) is 19.1 Å². The summed E-state index contributed by atoms with van der Waals surface area (Å²) in [5.41, 5.74) is 3.48. The fraction of sp³-hybridized carbons (Fsp3) is 0.533. The summed E-state index contributed by atoms with van der Waals surface area (Å²) < 4.78 is 5.07. The molecule has 1 rings (SSSR count). The van der Waals surface area contributed by atoms with E-state index >= 15 is 0 Å². The van der Waals surface area contributed by atoms with E-state index in [4.69, 9.17) is 16.3 Å². The fourth-order valence-electron chi connectivity index (χ4n) is 1.91. The molecule has 1 unspecified atom stereocenters. The molecule has 3 nitrogen and oxygen atoms in total. The van der Waals surface area contributed by atoms with Gasteiger partial charge in [0.25, 0.3) is 0 Å². The molecule has 1 aromatic carbocycles. The smallest absolute Gasteiger partial charge is 0.224 e. The van der Waals surface area contributed by atoms with Crippen molar-refractivity contribution in [3.8, 4) is 0 Å². The summed E-state index contributed by atoms with van der Waals surface area (Å²) >= 11 is 5.71. The van der Waals surface area contributed by atoms with Crippen molar-refractivity contribution in [3.05, 3.63) is 34.9 Å². The quantitative estimate of drug-likeness (QED) is 0.781. The number of rotatable bonds is 7. The zero-order chi connectivity index (χ0) is 14.3. The van der Waals surface area contributed by atoms with Gasteiger partial charge < -0.3 is 10.1 Å². The van der Waals surface area contributed by atoms with Gasteiger partial charge >= 0.3 is 0 Å². The first-order valence-electron chi connectivity index (χ1n) is 6.47. The van der Waals surface area contributed by atoms with Crippen molar-refractivity contribution >= 4 is 17.5 Å². The molecule has 0 aromatic heterocycles. The van der Waals surface area contributed by atoms with Crippen LogP contribution in [0.1, 0.15) is 23.1 Å². The van der Waals surface area contributed by atoms with Crippen LogP contribution in [0.2, 0.25) is 0 Å². The van der Waals surface area contributed by atoms with Crippen LogP contribution < -0.4 is 5.32 Å². The van der Waals surface area contributed by atoms with Crippen LogP contribution in [-0.2, 0) is 16.0 Å². The Bertz CT molecular complexity index is 415. The van der Waals surface area contributed by atoms with E-state index in [2.05, 4.69) is 25.2 Å². The number of ether oxygens (including phenoxy) is 1. The number of benzene rings is 1. The van der Waals surface area contributed by atoms with E-state index in [9.17, 15) is 4.79 Å². The first kappa shape index (κ1) is 16.0. The fourth-order valence-corrected chi connectivity index (χ4v) is 2.17. The molecule has 1 aromatic rings. The van der Waals surface area contributed by atoms with E-state index in [0.717, 1.165) is 5.56 Å². The average Bonchev–Trinajstić information content (AvgIpc) is 2.34. The highest BCUT2D eigenvalue weighted by atomic mass is 35.5. The number of halogens is 1. The molecule has 0 radical (unpaired) electrons. The maximum Gasteiger partial charge on any atom is 0.224 e. The minimum absolute atomic E-state index is 0.00965. The lowest BCUT2D eigenvalue weighted by Crippen LogP contribution is -2.39. The Balaban J connectivity index is 2.55. The van der Waals surface area contributed by atoms with E-state index in [1.54, 1.807) is 7.11 Å². The summed E-state index contributed by atoms with van der Waals surface area (Å²) in [7, 11) is 1.62. The molecule has 1 atom stereocenters. The summed E-state index contributed by atoms with van der Waals surface area (Å²) in [5.74, 6) is 0.521. The minimum Gasteiger partial charge on any atom is -0.383 e. The number of amides is 1. The van der Waals surface area contributed by atoms with Crippen molar-refractivity contribution in [1.29, 1.82) is 0 Å². The lowest BCUT2D eigenvalue weighted by atomic mass is 10.0. The predicted molar refractivity (Wildman–Crippen MR) is 78.8 cm³/mol. The predicted octanol–water partition coefficient (Wildman–Crippen LogP) is 2.61. The molecule has 0 saturated carbocycles. The summed E-state index contributed by atoms with van der Waals surface area (Å²) in [4.78, 5) is 12.0. The second-order valence-electron chi connectivity index (χ2n) is 4.79. The van der Waals surface area contributed by atoms with Crippen LogP contribution in [0.5, 0.6) is 0 Å². The van der Waals surface area contributed by atoms with Crippen LogP contribution in [0.3, 0.4) is 0 Å². The Morgan fingerprint density at radius 3 is 2.68 bits per heavy atom. The first-order chi connectivity index (χ1) is 9.06. The van der Waals surface area contributed by atoms with Crippen molar-refractivity contribution in [2.24, 2.45) is 0 Å². The third kappa shape index (κ3) is 5.62. The highest BCUT2D eigenvalue weighted by Gasteiger charge is 2.12. The number of hydrogen-bond donors (Lipinski definition) is 1. The molecule has 0 aliphatic heterocycles. The number of alkyl halides is 1. The Kier molecular flexibility index (Phi) is 6.89. The van der Waals surface area contributed by atoms with Gasteiger partial charge in [0.1, 0.15) is 0 Å². The molecule has 0 aliphatic rings. The molecule has 4 heteroatoms. The van der Waals surface area contributed by atoms with E-state index < -0.39 is 0 Å². The van der Waals surface area contributed by atoms with Crippen LogP contribution >= 0.6 is 11.6 Å². The standard InChI is InChI=1S/C15H22ClNO2/c1-11-4-5-13(8-12(11)2)9-15(18)17-14(6-7-16)10-19-3/h4-5,8,14H,6-7,9-10H2,1-3H3,(H,17,18). The number of methoxy groups -OCH3 is 1. The second kappa shape index (κ2) is 8.18. The van der Waals surface area contributed by atoms with Crippen LogP contribution in [0.15, 0.2) is 18.2 Å². The largest absolute Gasteiger partial charge is 0.383 e. The van der Waals surface area contributed by atoms with Crippen molar-refractivity contribution in [1.82, 2.24) is 5.32 Å². The number of carbonyl (C=O) groups is 1. The van der Waals surface area contributed by atoms with Gasteiger partial charge in [-0.1, -0.05) is 18.2 Å². The Hall–Kier alpha value is -1.06. The average molecular weight is 284 g/mol. The van der Waals surface area contributed by atoms with Gasteiger partial charge in [-0.25, -0.2) is 0 Å². The third-order valence-corrected chi connectivity index (χ3v) is 3.34. The van der Waals surface area contributed by atoms with E-state index in [1.807, 2.05) is 12.1 Å². The molecule has 0 saturated heterocycles. The Morgan fingerprint density at radius 1 is 1.37 bits per heavy atom. The molecule has 1 N–H and O–H groups in total. The first-order valence-corrected chi connectivity index (χ1v) is 7.00. The van der Waals surface area contributed by atoms with Gasteiger partial charge in [-0.2, -0.15) is 0 Å². The molecular formula is C15H22ClNO2. The maximum absolute atomic E-state index is 12.0. The lowest BCUT2D eigenvalue weighted by Gasteiger charge is -2.17. The van der Waals surface area contributed by atoms with Crippen LogP contribution in [-0.4, -0.2) is 31.5 Å². The van der Waals surface area contributed by atoms with E-state index in [1.165, 1.54) is 11.1 Å². The minimum atomic E-state index is -0.0125. The van der Waals surface area contributed by atoms with Gasteiger partial charge in [0, 0.05) is 13.0 Å². The van der Waals surface area contributed by atoms with E-state index in [-0.39, 0.29) is 11.9 Å². The van der Waals surface area contributed by atoms with Crippen LogP contribution in [0.25, 0.3) is 0 Å². The molecule has 106 valence electrons. The van der Waals surface area contributed by atoms with Gasteiger partial charge in [-0.15, -0.1) is 11.6 Å². The SMILES string of the molecule is COCC(CCCl)NC(=O)Cc1ccc(C)c(C)c1. The monoisotopic (exact) mass is 283 g/mol. The normalized spacial score (nSPS) is 12.2.